The molecule has 1 aliphatic carbocycles. The molecule has 1 saturated carbocycles. The van der Waals surface area contributed by atoms with Gasteiger partial charge in [0.25, 0.3) is 0 Å². The van der Waals surface area contributed by atoms with Crippen molar-refractivity contribution in [3.8, 4) is 16.9 Å². The summed E-state index contributed by atoms with van der Waals surface area (Å²) in [4.78, 5) is 14.3. The average molecular weight is 516 g/mol. The Morgan fingerprint density at radius 2 is 1.97 bits per heavy atom. The molecule has 7 nitrogen and oxygen atoms in total. The standard InChI is InChI=1S/C28H37NO6S/c1-33-22-10-8-20(9-11-22)21-16-23(36-19-21)18-35-26-17-25(30)28(29-12-14-34-15-13-29)24(26)6-4-2-3-5-7-27(31)32/h2,4,8-11,16,19,24-26,28,30H,3,5-7,12-15,17-18H2,1H3,(H,31,32)/b4-2-/t24-,25+,26-,28+/m0/s1. The van der Waals surface area contributed by atoms with E-state index in [-0.39, 0.29) is 24.5 Å². The minimum Gasteiger partial charge on any atom is -0.497 e. The lowest BCUT2D eigenvalue weighted by Crippen LogP contribution is -2.50. The number of rotatable bonds is 12. The maximum Gasteiger partial charge on any atom is 0.303 e. The number of methoxy groups -OCH3 is 1. The van der Waals surface area contributed by atoms with Gasteiger partial charge in [0.05, 0.1) is 39.1 Å². The van der Waals surface area contributed by atoms with Gasteiger partial charge in [0.1, 0.15) is 5.75 Å². The Hall–Kier alpha value is -2.23. The highest BCUT2D eigenvalue weighted by Gasteiger charge is 2.45. The highest BCUT2D eigenvalue weighted by atomic mass is 32.1. The molecule has 2 heterocycles. The molecule has 36 heavy (non-hydrogen) atoms. The third-order valence-electron chi connectivity index (χ3n) is 7.10. The Kier molecular flexibility index (Phi) is 9.95. The first-order valence-electron chi connectivity index (χ1n) is 12.7. The number of aliphatic hydroxyl groups is 1. The first kappa shape index (κ1) is 26.8. The van der Waals surface area contributed by atoms with Crippen LogP contribution in [0.5, 0.6) is 5.75 Å². The van der Waals surface area contributed by atoms with Gasteiger partial charge in [0, 0.05) is 42.8 Å². The maximum atomic E-state index is 11.0. The molecule has 2 aromatic rings. The lowest BCUT2D eigenvalue weighted by Gasteiger charge is -2.37. The number of hydrogen-bond acceptors (Lipinski definition) is 7. The second-order valence-corrected chi connectivity index (χ2v) is 10.5. The van der Waals surface area contributed by atoms with Crippen LogP contribution in [0.15, 0.2) is 47.9 Å². The quantitative estimate of drug-likeness (QED) is 0.316. The topological polar surface area (TPSA) is 88.5 Å². The Morgan fingerprint density at radius 1 is 1.19 bits per heavy atom. The number of benzene rings is 1. The van der Waals surface area contributed by atoms with Crippen LogP contribution in [0.3, 0.4) is 0 Å². The molecule has 0 amide bonds. The van der Waals surface area contributed by atoms with Crippen molar-refractivity contribution < 1.29 is 29.2 Å². The molecule has 0 bridgehead atoms. The summed E-state index contributed by atoms with van der Waals surface area (Å²) in [5.41, 5.74) is 2.31. The lowest BCUT2D eigenvalue weighted by atomic mass is 9.94. The zero-order valence-corrected chi connectivity index (χ0v) is 21.7. The first-order chi connectivity index (χ1) is 17.5. The van der Waals surface area contributed by atoms with Gasteiger partial charge in [-0.1, -0.05) is 24.3 Å². The van der Waals surface area contributed by atoms with E-state index in [9.17, 15) is 9.90 Å². The molecule has 0 radical (unpaired) electrons. The van der Waals surface area contributed by atoms with Gasteiger partial charge in [-0.2, -0.15) is 0 Å². The number of aliphatic hydroxyl groups excluding tert-OH is 1. The van der Waals surface area contributed by atoms with Gasteiger partial charge >= 0.3 is 5.97 Å². The van der Waals surface area contributed by atoms with Crippen molar-refractivity contribution in [1.29, 1.82) is 0 Å². The minimum absolute atomic E-state index is 0.0388. The number of unbranched alkanes of at least 4 members (excludes halogenated alkanes) is 1. The van der Waals surface area contributed by atoms with Crippen LogP contribution in [0.1, 0.15) is 37.0 Å². The molecule has 196 valence electrons. The van der Waals surface area contributed by atoms with Crippen molar-refractivity contribution in [1.82, 2.24) is 4.90 Å². The van der Waals surface area contributed by atoms with Crippen LogP contribution in [0.25, 0.3) is 11.1 Å². The zero-order valence-electron chi connectivity index (χ0n) is 20.9. The average Bonchev–Trinajstić information content (AvgIpc) is 3.49. The van der Waals surface area contributed by atoms with Gasteiger partial charge in [0.15, 0.2) is 0 Å². The van der Waals surface area contributed by atoms with Gasteiger partial charge in [0.2, 0.25) is 0 Å². The van der Waals surface area contributed by atoms with Gasteiger partial charge in [-0.3, -0.25) is 9.69 Å². The van der Waals surface area contributed by atoms with Crippen molar-refractivity contribution in [2.24, 2.45) is 5.92 Å². The van der Waals surface area contributed by atoms with E-state index >= 15 is 0 Å². The number of aliphatic carboxylic acids is 1. The van der Waals surface area contributed by atoms with E-state index in [2.05, 4.69) is 40.6 Å². The molecule has 0 unspecified atom stereocenters. The maximum absolute atomic E-state index is 11.0. The molecule has 1 aromatic heterocycles. The summed E-state index contributed by atoms with van der Waals surface area (Å²) in [7, 11) is 1.67. The number of hydrogen-bond donors (Lipinski definition) is 2. The highest BCUT2D eigenvalue weighted by Crippen LogP contribution is 2.37. The zero-order chi connectivity index (χ0) is 25.3. The summed E-state index contributed by atoms with van der Waals surface area (Å²) in [6, 6.07) is 10.3. The Bertz CT molecular complexity index is 984. The van der Waals surface area contributed by atoms with Gasteiger partial charge < -0.3 is 24.4 Å². The number of allylic oxidation sites excluding steroid dienone is 2. The predicted molar refractivity (Wildman–Crippen MR) is 140 cm³/mol. The van der Waals surface area contributed by atoms with E-state index in [1.807, 2.05) is 12.1 Å². The molecule has 0 spiro atoms. The fourth-order valence-electron chi connectivity index (χ4n) is 5.25. The third-order valence-corrected chi connectivity index (χ3v) is 8.01. The Labute approximate surface area is 217 Å². The van der Waals surface area contributed by atoms with Crippen molar-refractivity contribution in [2.45, 2.75) is 57.0 Å². The third kappa shape index (κ3) is 7.17. The summed E-state index contributed by atoms with van der Waals surface area (Å²) in [6.07, 6.45) is 6.74. The van der Waals surface area contributed by atoms with Crippen molar-refractivity contribution in [2.75, 3.05) is 33.4 Å². The van der Waals surface area contributed by atoms with Crippen LogP contribution in [-0.4, -0.2) is 72.7 Å². The van der Waals surface area contributed by atoms with E-state index < -0.39 is 12.1 Å². The first-order valence-corrected chi connectivity index (χ1v) is 13.6. The van der Waals surface area contributed by atoms with Crippen LogP contribution < -0.4 is 4.74 Å². The molecular weight excluding hydrogens is 478 g/mol. The number of ether oxygens (including phenoxy) is 3. The molecule has 1 aromatic carbocycles. The van der Waals surface area contributed by atoms with Crippen LogP contribution in [-0.2, 0) is 20.9 Å². The number of morpholine rings is 1. The summed E-state index contributed by atoms with van der Waals surface area (Å²) in [5, 5.41) is 22.0. The van der Waals surface area contributed by atoms with Crippen molar-refractivity contribution >= 4 is 17.3 Å². The number of carboxylic acids is 1. The summed E-state index contributed by atoms with van der Waals surface area (Å²) in [6.45, 7) is 3.55. The fourth-order valence-corrected chi connectivity index (χ4v) is 6.07. The van der Waals surface area contributed by atoms with E-state index in [4.69, 9.17) is 19.3 Å². The molecule has 2 aliphatic rings. The summed E-state index contributed by atoms with van der Waals surface area (Å²) < 4.78 is 17.2. The van der Waals surface area contributed by atoms with E-state index in [0.29, 0.717) is 32.7 Å². The van der Waals surface area contributed by atoms with Crippen molar-refractivity contribution in [3.05, 3.63) is 52.7 Å². The smallest absolute Gasteiger partial charge is 0.303 e. The van der Waals surface area contributed by atoms with Gasteiger partial charge in [-0.15, -0.1) is 11.3 Å². The monoisotopic (exact) mass is 515 g/mol. The number of nitrogens with zero attached hydrogens (tertiary/aromatic N) is 1. The van der Waals surface area contributed by atoms with Gasteiger partial charge in [-0.25, -0.2) is 0 Å². The fraction of sp³-hybridized carbons (Fsp3) is 0.536. The molecule has 8 heteroatoms. The Morgan fingerprint density at radius 3 is 2.69 bits per heavy atom. The molecular formula is C28H37NO6S. The number of carbonyl (C=O) groups is 1. The van der Waals surface area contributed by atoms with E-state index in [1.54, 1.807) is 18.4 Å². The summed E-state index contributed by atoms with van der Waals surface area (Å²) >= 11 is 1.69. The largest absolute Gasteiger partial charge is 0.497 e. The highest BCUT2D eigenvalue weighted by molar-refractivity contribution is 7.10. The number of thiophene rings is 1. The predicted octanol–water partition coefficient (Wildman–Crippen LogP) is 4.59. The lowest BCUT2D eigenvalue weighted by molar-refractivity contribution is -0.137. The SMILES string of the molecule is COc1ccc(-c2csc(CO[C@H]3C[C@@H](O)[C@H](N4CCOCC4)[C@H]3C/C=C\CCCC(=O)O)c2)cc1. The van der Waals surface area contributed by atoms with Crippen LogP contribution in [0, 0.1) is 5.92 Å². The summed E-state index contributed by atoms with van der Waals surface area (Å²) in [5.74, 6) is 0.260. The van der Waals surface area contributed by atoms with Crippen LogP contribution in [0.4, 0.5) is 0 Å². The Balaban J connectivity index is 1.38. The van der Waals surface area contributed by atoms with Crippen LogP contribution in [0.2, 0.25) is 0 Å². The second kappa shape index (κ2) is 13.4. The molecule has 1 saturated heterocycles. The van der Waals surface area contributed by atoms with E-state index in [0.717, 1.165) is 42.1 Å². The minimum atomic E-state index is -0.758. The molecule has 4 rings (SSSR count). The van der Waals surface area contributed by atoms with Crippen LogP contribution >= 0.6 is 11.3 Å². The number of carboxylic acid groups (broad SMARTS) is 1. The molecule has 2 N–H and O–H groups in total. The molecule has 1 aliphatic heterocycles. The van der Waals surface area contributed by atoms with Crippen molar-refractivity contribution in [3.63, 3.8) is 0 Å². The van der Waals surface area contributed by atoms with E-state index in [1.165, 1.54) is 5.56 Å². The van der Waals surface area contributed by atoms with Gasteiger partial charge in [-0.05, 0) is 54.0 Å². The second-order valence-electron chi connectivity index (χ2n) is 9.48. The normalized spacial score (nSPS) is 24.9. The molecule has 4 atom stereocenters. The molecule has 2 fully saturated rings.